The van der Waals surface area contributed by atoms with Gasteiger partial charge >= 0.3 is 0 Å². The molecule has 0 radical (unpaired) electrons. The number of rotatable bonds is 6. The molecule has 0 atom stereocenters. The van der Waals surface area contributed by atoms with Gasteiger partial charge in [0, 0.05) is 50.8 Å². The minimum absolute atomic E-state index is 0.490. The summed E-state index contributed by atoms with van der Waals surface area (Å²) >= 11 is 0. The van der Waals surface area contributed by atoms with Crippen molar-refractivity contribution in [3.8, 4) is 62.1 Å². The molecule has 6 nitrogen and oxygen atoms in total. The largest absolute Gasteiger partial charge is 0.455 e. The Morgan fingerprint density at radius 3 is 1.75 bits per heavy atom. The van der Waals surface area contributed by atoms with E-state index in [0.29, 0.717) is 28.6 Å². The minimum Gasteiger partial charge on any atom is -0.455 e. The first-order chi connectivity index (χ1) is 29.7. The molecule has 0 aliphatic rings. The minimum atomic E-state index is 0.490. The van der Waals surface area contributed by atoms with Crippen LogP contribution in [0.1, 0.15) is 0 Å². The molecular weight excluding hydrogens is 735 g/mol. The zero-order valence-electron chi connectivity index (χ0n) is 32.2. The van der Waals surface area contributed by atoms with E-state index in [2.05, 4.69) is 179 Å². The second-order valence-corrected chi connectivity index (χ2v) is 15.1. The highest BCUT2D eigenvalue weighted by atomic mass is 16.3. The fourth-order valence-corrected chi connectivity index (χ4v) is 8.69. The van der Waals surface area contributed by atoms with Crippen molar-refractivity contribution in [2.75, 3.05) is 0 Å². The summed E-state index contributed by atoms with van der Waals surface area (Å²) in [6.07, 6.45) is 3.63. The first-order valence-electron chi connectivity index (χ1n) is 20.0. The lowest BCUT2D eigenvalue weighted by Gasteiger charge is -2.12. The average molecular weight is 768 g/mol. The first kappa shape index (κ1) is 33.9. The normalized spacial score (nSPS) is 11.7. The van der Waals surface area contributed by atoms with Gasteiger partial charge in [-0.3, -0.25) is 4.98 Å². The first-order valence-corrected chi connectivity index (χ1v) is 20.0. The van der Waals surface area contributed by atoms with Crippen molar-refractivity contribution in [3.05, 3.63) is 200 Å². The van der Waals surface area contributed by atoms with Gasteiger partial charge in [-0.2, -0.15) is 0 Å². The number of hydrogen-bond donors (Lipinski definition) is 0. The van der Waals surface area contributed by atoms with Crippen LogP contribution < -0.4 is 0 Å². The Labute approximate surface area is 344 Å². The number of pyridine rings is 1. The van der Waals surface area contributed by atoms with Crippen molar-refractivity contribution in [1.29, 1.82) is 0 Å². The molecule has 0 amide bonds. The van der Waals surface area contributed by atoms with Gasteiger partial charge in [0.05, 0.1) is 16.6 Å². The number of para-hydroxylation sites is 3. The molecule has 60 heavy (non-hydrogen) atoms. The number of hydrogen-bond acceptors (Lipinski definition) is 5. The fourth-order valence-electron chi connectivity index (χ4n) is 8.69. The molecule has 0 aliphatic heterocycles. The highest BCUT2D eigenvalue weighted by Crippen LogP contribution is 2.37. The Bertz CT molecular complexity index is 3560. The molecule has 4 heterocycles. The number of nitrogens with zero attached hydrogens (tertiary/aromatic N) is 5. The van der Waals surface area contributed by atoms with Crippen molar-refractivity contribution < 1.29 is 4.42 Å². The van der Waals surface area contributed by atoms with Crippen LogP contribution in [0.2, 0.25) is 0 Å². The van der Waals surface area contributed by atoms with Gasteiger partial charge in [-0.1, -0.05) is 152 Å². The van der Waals surface area contributed by atoms with Gasteiger partial charge in [-0.25, -0.2) is 15.0 Å². The van der Waals surface area contributed by atoms with Crippen LogP contribution in [-0.4, -0.2) is 24.5 Å². The molecule has 6 heteroatoms. The van der Waals surface area contributed by atoms with E-state index in [1.165, 1.54) is 38.1 Å². The maximum Gasteiger partial charge on any atom is 0.169 e. The number of benzene rings is 8. The fraction of sp³-hybridized carbons (Fsp3) is 0. The van der Waals surface area contributed by atoms with Crippen LogP contribution in [0.4, 0.5) is 0 Å². The standard InChI is InChI=1S/C54H33N5O/c1-2-18-41-34(12-1)13-11-22-42(41)35-26-28-36(29-27-35)52-56-53(58-54(57-52)47-33-55-32-46-45-21-5-8-25-50(45)60-51(46)47)39-16-9-14-37(30-39)38-15-10-17-40(31-38)59-48-23-6-3-19-43(48)44-20-4-7-24-49(44)59/h1-33H. The maximum atomic E-state index is 6.46. The Morgan fingerprint density at radius 1 is 0.367 bits per heavy atom. The van der Waals surface area contributed by atoms with Crippen molar-refractivity contribution in [2.24, 2.45) is 0 Å². The monoisotopic (exact) mass is 767 g/mol. The van der Waals surface area contributed by atoms with Crippen LogP contribution in [0.25, 0.3) is 117 Å². The Morgan fingerprint density at radius 2 is 0.950 bits per heavy atom. The summed E-state index contributed by atoms with van der Waals surface area (Å²) in [6.45, 7) is 0. The van der Waals surface area contributed by atoms with Crippen molar-refractivity contribution in [1.82, 2.24) is 24.5 Å². The van der Waals surface area contributed by atoms with Gasteiger partial charge in [0.25, 0.3) is 0 Å². The number of fused-ring (bicyclic) bond motifs is 7. The molecule has 0 bridgehead atoms. The van der Waals surface area contributed by atoms with Crippen LogP contribution in [-0.2, 0) is 0 Å². The molecule has 0 aliphatic carbocycles. The van der Waals surface area contributed by atoms with Crippen molar-refractivity contribution in [3.63, 3.8) is 0 Å². The van der Waals surface area contributed by atoms with Crippen LogP contribution in [0.15, 0.2) is 205 Å². The van der Waals surface area contributed by atoms with Crippen molar-refractivity contribution >= 4 is 54.5 Å². The highest BCUT2D eigenvalue weighted by molar-refractivity contribution is 6.10. The summed E-state index contributed by atoms with van der Waals surface area (Å²) < 4.78 is 8.81. The van der Waals surface area contributed by atoms with Gasteiger partial charge < -0.3 is 8.98 Å². The van der Waals surface area contributed by atoms with E-state index < -0.39 is 0 Å². The number of aromatic nitrogens is 5. The third-order valence-electron chi connectivity index (χ3n) is 11.5. The lowest BCUT2D eigenvalue weighted by Crippen LogP contribution is -2.01. The van der Waals surface area contributed by atoms with Crippen LogP contribution in [0, 0.1) is 0 Å². The summed E-state index contributed by atoms with van der Waals surface area (Å²) in [5, 5.41) is 6.80. The van der Waals surface area contributed by atoms with E-state index in [1.54, 1.807) is 6.20 Å². The molecule has 0 spiro atoms. The third-order valence-corrected chi connectivity index (χ3v) is 11.5. The van der Waals surface area contributed by atoms with E-state index in [4.69, 9.17) is 19.4 Å². The van der Waals surface area contributed by atoms with Crippen molar-refractivity contribution in [2.45, 2.75) is 0 Å². The second-order valence-electron chi connectivity index (χ2n) is 15.1. The van der Waals surface area contributed by atoms with E-state index in [-0.39, 0.29) is 0 Å². The topological polar surface area (TPSA) is 69.6 Å². The van der Waals surface area contributed by atoms with Crippen LogP contribution in [0.3, 0.4) is 0 Å². The molecule has 12 aromatic rings. The summed E-state index contributed by atoms with van der Waals surface area (Å²) in [5.74, 6) is 1.61. The van der Waals surface area contributed by atoms with Gasteiger partial charge in [0.15, 0.2) is 17.5 Å². The molecular formula is C54H33N5O. The van der Waals surface area contributed by atoms with Crippen LogP contribution >= 0.6 is 0 Å². The number of furan rings is 1. The van der Waals surface area contributed by atoms with E-state index >= 15 is 0 Å². The summed E-state index contributed by atoms with van der Waals surface area (Å²) in [4.78, 5) is 20.1. The Hall–Kier alpha value is -8.22. The summed E-state index contributed by atoms with van der Waals surface area (Å²) in [6, 6.07) is 65.8. The maximum absolute atomic E-state index is 6.46. The quantitative estimate of drug-likeness (QED) is 0.168. The van der Waals surface area contributed by atoms with Gasteiger partial charge in [-0.15, -0.1) is 0 Å². The molecule has 0 N–H and O–H groups in total. The molecule has 0 unspecified atom stereocenters. The molecule has 12 rings (SSSR count). The zero-order chi connectivity index (χ0) is 39.6. The molecule has 4 aromatic heterocycles. The van der Waals surface area contributed by atoms with Crippen LogP contribution in [0.5, 0.6) is 0 Å². The van der Waals surface area contributed by atoms with E-state index in [9.17, 15) is 0 Å². The molecule has 0 saturated heterocycles. The highest BCUT2D eigenvalue weighted by Gasteiger charge is 2.19. The molecule has 0 saturated carbocycles. The van der Waals surface area contributed by atoms with Gasteiger partial charge in [0.1, 0.15) is 11.2 Å². The smallest absolute Gasteiger partial charge is 0.169 e. The second kappa shape index (κ2) is 13.7. The van der Waals surface area contributed by atoms with Gasteiger partial charge in [0.2, 0.25) is 0 Å². The Balaban J connectivity index is 0.995. The summed E-state index contributed by atoms with van der Waals surface area (Å²) in [5.41, 5.74) is 11.8. The third kappa shape index (κ3) is 5.57. The van der Waals surface area contributed by atoms with Gasteiger partial charge in [-0.05, 0) is 69.4 Å². The SMILES string of the molecule is c1cc(-c2cccc(-n3c4ccccc4c4ccccc43)c2)cc(-c2nc(-c3ccc(-c4cccc5ccccc45)cc3)nc(-c3cncc4c3oc3ccccc34)n2)c1. The van der Waals surface area contributed by atoms with E-state index in [1.807, 2.05) is 24.4 Å². The zero-order valence-corrected chi connectivity index (χ0v) is 32.2. The predicted octanol–water partition coefficient (Wildman–Crippen LogP) is 13.8. The average Bonchev–Trinajstić information content (AvgIpc) is 3.88. The summed E-state index contributed by atoms with van der Waals surface area (Å²) in [7, 11) is 0. The lowest BCUT2D eigenvalue weighted by molar-refractivity contribution is 0.669. The molecule has 0 fully saturated rings. The molecule has 8 aromatic carbocycles. The Kier molecular flexibility index (Phi) is 7.74. The lowest BCUT2D eigenvalue weighted by atomic mass is 9.97. The predicted molar refractivity (Wildman–Crippen MR) is 244 cm³/mol. The van der Waals surface area contributed by atoms with E-state index in [0.717, 1.165) is 49.9 Å². The molecule has 280 valence electrons.